The van der Waals surface area contributed by atoms with Gasteiger partial charge in [0.1, 0.15) is 11.4 Å². The molecule has 1 atom stereocenters. The molecule has 0 saturated heterocycles. The van der Waals surface area contributed by atoms with Crippen LogP contribution in [0.15, 0.2) is 65.9 Å². The van der Waals surface area contributed by atoms with Crippen molar-refractivity contribution in [2.75, 3.05) is 0 Å². The monoisotopic (exact) mass is 489 g/mol. The van der Waals surface area contributed by atoms with Gasteiger partial charge in [0.25, 0.3) is 0 Å². The van der Waals surface area contributed by atoms with Gasteiger partial charge in [-0.2, -0.15) is 5.10 Å². The lowest BCUT2D eigenvalue weighted by molar-refractivity contribution is 0.0861. The predicted octanol–water partition coefficient (Wildman–Crippen LogP) is 7.13. The van der Waals surface area contributed by atoms with E-state index < -0.39 is 0 Å². The quantitative estimate of drug-likeness (QED) is 0.331. The highest BCUT2D eigenvalue weighted by Crippen LogP contribution is 2.41. The third-order valence-electron chi connectivity index (χ3n) is 4.92. The number of phenolic OH excluding ortho intramolecular Hbond substituents is 1. The third-order valence-corrected chi connectivity index (χ3v) is 6.67. The molecule has 4 aromatic rings. The van der Waals surface area contributed by atoms with Crippen LogP contribution in [0.2, 0.25) is 14.4 Å². The highest BCUT2D eigenvalue weighted by molar-refractivity contribution is 7.19. The second kappa shape index (κ2) is 8.20. The van der Waals surface area contributed by atoms with Crippen LogP contribution in [0.1, 0.15) is 23.7 Å². The largest absolute Gasteiger partial charge is 0.506 e. The number of para-hydroxylation sites is 1. The van der Waals surface area contributed by atoms with Crippen LogP contribution in [0.5, 0.6) is 5.75 Å². The summed E-state index contributed by atoms with van der Waals surface area (Å²) in [6, 6.07) is 16.7. The van der Waals surface area contributed by atoms with Gasteiger partial charge in [-0.25, -0.2) is 4.68 Å². The van der Waals surface area contributed by atoms with Crippen molar-refractivity contribution in [3.05, 3.63) is 86.3 Å². The van der Waals surface area contributed by atoms with Crippen LogP contribution in [0.4, 0.5) is 0 Å². The van der Waals surface area contributed by atoms with E-state index >= 15 is 0 Å². The van der Waals surface area contributed by atoms with Crippen molar-refractivity contribution < 1.29 is 9.94 Å². The number of nitrogens with zero attached hydrogens (tertiary/aromatic N) is 3. The number of rotatable bonds is 4. The van der Waals surface area contributed by atoms with Gasteiger partial charge in [-0.15, -0.1) is 11.3 Å². The van der Waals surface area contributed by atoms with Crippen LogP contribution in [-0.4, -0.2) is 20.6 Å². The number of halogens is 3. The Balaban J connectivity index is 1.53. The summed E-state index contributed by atoms with van der Waals surface area (Å²) in [5, 5.41) is 20.0. The molecule has 0 bridgehead atoms. The lowest BCUT2D eigenvalue weighted by Gasteiger charge is -2.08. The molecule has 0 fully saturated rings. The number of hydrogen-bond donors (Lipinski definition) is 1. The zero-order valence-corrected chi connectivity index (χ0v) is 18.9. The lowest BCUT2D eigenvalue weighted by Crippen LogP contribution is -2.02. The van der Waals surface area contributed by atoms with E-state index in [0.29, 0.717) is 27.1 Å². The zero-order valence-electron chi connectivity index (χ0n) is 15.8. The highest BCUT2D eigenvalue weighted by Gasteiger charge is 2.31. The standard InChI is InChI=1S/C22H14Cl3N3O2S/c23-12-8-14(22(29)16(24)9-12)17-10-18(30-27-17)15-11-28(13-4-2-1-3-5-13)26-21(15)19-6-7-20(25)31-19/h1-9,11,18,29H,10H2. The van der Waals surface area contributed by atoms with Crippen molar-refractivity contribution in [1.29, 1.82) is 0 Å². The molecular weight excluding hydrogens is 477 g/mol. The lowest BCUT2D eigenvalue weighted by atomic mass is 9.99. The number of benzene rings is 2. The number of aromatic hydroxyl groups is 1. The average molecular weight is 491 g/mol. The van der Waals surface area contributed by atoms with E-state index in [0.717, 1.165) is 21.8 Å². The molecular formula is C22H14Cl3N3O2S. The topological polar surface area (TPSA) is 59.6 Å². The molecule has 2 aromatic carbocycles. The molecule has 0 saturated carbocycles. The van der Waals surface area contributed by atoms with Crippen molar-refractivity contribution in [3.63, 3.8) is 0 Å². The Hall–Kier alpha value is -2.51. The molecule has 156 valence electrons. The second-order valence-corrected chi connectivity index (χ2v) is 9.50. The van der Waals surface area contributed by atoms with E-state index in [1.807, 2.05) is 53.3 Å². The zero-order chi connectivity index (χ0) is 21.5. The first-order valence-corrected chi connectivity index (χ1v) is 11.3. The van der Waals surface area contributed by atoms with Gasteiger partial charge in [-0.3, -0.25) is 0 Å². The summed E-state index contributed by atoms with van der Waals surface area (Å²) in [6.45, 7) is 0. The molecule has 9 heteroatoms. The van der Waals surface area contributed by atoms with Gasteiger partial charge < -0.3 is 9.94 Å². The number of phenols is 1. The Morgan fingerprint density at radius 2 is 1.87 bits per heavy atom. The molecule has 3 heterocycles. The van der Waals surface area contributed by atoms with Crippen LogP contribution >= 0.6 is 46.1 Å². The van der Waals surface area contributed by atoms with Crippen LogP contribution < -0.4 is 0 Å². The summed E-state index contributed by atoms with van der Waals surface area (Å²) < 4.78 is 2.49. The summed E-state index contributed by atoms with van der Waals surface area (Å²) in [6.07, 6.45) is 1.98. The normalized spacial score (nSPS) is 15.7. The molecule has 1 N–H and O–H groups in total. The first-order chi connectivity index (χ1) is 15.0. The van der Waals surface area contributed by atoms with Gasteiger partial charge in [0, 0.05) is 28.8 Å². The molecule has 0 amide bonds. The smallest absolute Gasteiger partial charge is 0.161 e. The fourth-order valence-corrected chi connectivity index (χ4v) is 5.00. The van der Waals surface area contributed by atoms with E-state index in [9.17, 15) is 5.11 Å². The first-order valence-electron chi connectivity index (χ1n) is 9.31. The van der Waals surface area contributed by atoms with E-state index in [4.69, 9.17) is 44.7 Å². The van der Waals surface area contributed by atoms with Crippen molar-refractivity contribution in [1.82, 2.24) is 9.78 Å². The van der Waals surface area contributed by atoms with Crippen LogP contribution in [0, 0.1) is 0 Å². The van der Waals surface area contributed by atoms with Gasteiger partial charge in [-0.05, 0) is 36.4 Å². The van der Waals surface area contributed by atoms with Crippen molar-refractivity contribution in [2.24, 2.45) is 5.16 Å². The molecule has 2 aromatic heterocycles. The predicted molar refractivity (Wildman–Crippen MR) is 125 cm³/mol. The first kappa shape index (κ1) is 20.4. The SMILES string of the molecule is Oc1c(Cl)cc(Cl)cc1C1=NOC(c2cn(-c3ccccc3)nc2-c2ccc(Cl)s2)C1. The van der Waals surface area contributed by atoms with E-state index in [1.54, 1.807) is 6.07 Å². The van der Waals surface area contributed by atoms with E-state index in [2.05, 4.69) is 5.16 Å². The Bertz CT molecular complexity index is 1300. The van der Waals surface area contributed by atoms with Crippen LogP contribution in [0.25, 0.3) is 16.3 Å². The molecule has 1 unspecified atom stereocenters. The number of oxime groups is 1. The van der Waals surface area contributed by atoms with Gasteiger partial charge in [0.05, 0.1) is 25.6 Å². The van der Waals surface area contributed by atoms with Gasteiger partial charge in [0.15, 0.2) is 6.10 Å². The van der Waals surface area contributed by atoms with Crippen LogP contribution in [0.3, 0.4) is 0 Å². The molecule has 1 aliphatic rings. The maximum absolute atomic E-state index is 10.4. The summed E-state index contributed by atoms with van der Waals surface area (Å²) >= 11 is 19.8. The Kier molecular flexibility index (Phi) is 5.40. The van der Waals surface area contributed by atoms with E-state index in [1.165, 1.54) is 17.4 Å². The number of thiophene rings is 1. The average Bonchev–Trinajstić information content (AvgIpc) is 3.50. The Labute approximate surface area is 197 Å². The minimum absolute atomic E-state index is 0.0701. The molecule has 5 rings (SSSR count). The van der Waals surface area contributed by atoms with Crippen molar-refractivity contribution >= 4 is 51.9 Å². The Morgan fingerprint density at radius 3 is 2.61 bits per heavy atom. The van der Waals surface area contributed by atoms with Crippen molar-refractivity contribution in [2.45, 2.75) is 12.5 Å². The molecule has 1 aliphatic heterocycles. The van der Waals surface area contributed by atoms with E-state index in [-0.39, 0.29) is 16.9 Å². The molecule has 0 radical (unpaired) electrons. The fourth-order valence-electron chi connectivity index (χ4n) is 3.46. The number of aromatic nitrogens is 2. The minimum atomic E-state index is -0.388. The fraction of sp³-hybridized carbons (Fsp3) is 0.0909. The van der Waals surface area contributed by atoms with Gasteiger partial charge >= 0.3 is 0 Å². The second-order valence-electron chi connectivity index (χ2n) is 6.94. The summed E-state index contributed by atoms with van der Waals surface area (Å²) in [4.78, 5) is 6.70. The summed E-state index contributed by atoms with van der Waals surface area (Å²) in [5.41, 5.74) is 3.59. The maximum Gasteiger partial charge on any atom is 0.161 e. The summed E-state index contributed by atoms with van der Waals surface area (Å²) in [7, 11) is 0. The molecule has 0 spiro atoms. The van der Waals surface area contributed by atoms with Gasteiger partial charge in [0.2, 0.25) is 0 Å². The summed E-state index contributed by atoms with van der Waals surface area (Å²) in [5.74, 6) is -0.0701. The van der Waals surface area contributed by atoms with Crippen molar-refractivity contribution in [3.8, 4) is 22.0 Å². The molecule has 31 heavy (non-hydrogen) atoms. The number of hydrogen-bond acceptors (Lipinski definition) is 5. The maximum atomic E-state index is 10.4. The molecule has 0 aliphatic carbocycles. The Morgan fingerprint density at radius 1 is 1.06 bits per heavy atom. The minimum Gasteiger partial charge on any atom is -0.506 e. The van der Waals surface area contributed by atoms with Crippen LogP contribution in [-0.2, 0) is 4.84 Å². The van der Waals surface area contributed by atoms with Gasteiger partial charge in [-0.1, -0.05) is 58.2 Å². The third kappa shape index (κ3) is 3.92. The molecule has 5 nitrogen and oxygen atoms in total. The highest BCUT2D eigenvalue weighted by atomic mass is 35.5.